The zero-order chi connectivity index (χ0) is 15.8. The zero-order valence-corrected chi connectivity index (χ0v) is 12.6. The first-order chi connectivity index (χ1) is 10.6. The number of carbonyl (C=O) groups is 1. The molecule has 22 heavy (non-hydrogen) atoms. The summed E-state index contributed by atoms with van der Waals surface area (Å²) in [6.07, 6.45) is 7.61. The van der Waals surface area contributed by atoms with E-state index in [9.17, 15) is 4.79 Å². The summed E-state index contributed by atoms with van der Waals surface area (Å²) >= 11 is 0. The minimum atomic E-state index is -0.336. The van der Waals surface area contributed by atoms with E-state index in [2.05, 4.69) is 20.7 Å². The number of H-pyrrole nitrogens is 1. The van der Waals surface area contributed by atoms with Crippen LogP contribution in [0.5, 0.6) is 0 Å². The summed E-state index contributed by atoms with van der Waals surface area (Å²) in [7, 11) is 0. The smallest absolute Gasteiger partial charge is 0.282 e. The van der Waals surface area contributed by atoms with Gasteiger partial charge in [0.05, 0.1) is 5.71 Å². The molecule has 0 unspecified atom stereocenters. The molecule has 0 saturated heterocycles. The number of nitrogens with zero attached hydrogens (tertiary/aromatic N) is 2. The number of hydrogen-bond donors (Lipinski definition) is 2. The summed E-state index contributed by atoms with van der Waals surface area (Å²) in [5.41, 5.74) is 5.44. The average molecular weight is 294 g/mol. The number of benzene rings is 1. The Hall–Kier alpha value is -2.95. The van der Waals surface area contributed by atoms with Gasteiger partial charge >= 0.3 is 0 Å². The van der Waals surface area contributed by atoms with Crippen molar-refractivity contribution in [3.8, 4) is 0 Å². The molecule has 0 fully saturated rings. The molecule has 112 valence electrons. The summed E-state index contributed by atoms with van der Waals surface area (Å²) in [6.45, 7) is 3.64. The van der Waals surface area contributed by atoms with Gasteiger partial charge in [-0.05, 0) is 31.6 Å². The fourth-order valence-corrected chi connectivity index (χ4v) is 1.69. The molecule has 5 heteroatoms. The molecule has 2 rings (SSSR count). The molecule has 1 heterocycles. The lowest BCUT2D eigenvalue weighted by atomic mass is 10.2. The Morgan fingerprint density at radius 2 is 2.05 bits per heavy atom. The molecule has 0 bridgehead atoms. The second kappa shape index (κ2) is 7.73. The summed E-state index contributed by atoms with van der Waals surface area (Å²) in [5, 5.41) is 10.6. The second-order valence-electron chi connectivity index (χ2n) is 4.76. The first-order valence-electron chi connectivity index (χ1n) is 6.91. The fraction of sp³-hybridized carbons (Fsp3) is 0.118. The molecular weight excluding hydrogens is 276 g/mol. The van der Waals surface area contributed by atoms with Crippen molar-refractivity contribution in [1.82, 2.24) is 15.6 Å². The molecule has 1 aromatic heterocycles. The number of amides is 1. The van der Waals surface area contributed by atoms with Crippen molar-refractivity contribution in [2.45, 2.75) is 13.8 Å². The molecule has 5 nitrogen and oxygen atoms in total. The normalized spacial score (nSPS) is 12.2. The third-order valence-corrected chi connectivity index (χ3v) is 2.81. The Bertz CT molecular complexity index is 711. The molecule has 1 aromatic carbocycles. The zero-order valence-electron chi connectivity index (χ0n) is 12.6. The van der Waals surface area contributed by atoms with Gasteiger partial charge in [-0.25, -0.2) is 5.43 Å². The highest BCUT2D eigenvalue weighted by molar-refractivity contribution is 5.96. The summed E-state index contributed by atoms with van der Waals surface area (Å²) in [6, 6.07) is 11.7. The van der Waals surface area contributed by atoms with Crippen LogP contribution in [0.1, 0.15) is 28.7 Å². The monoisotopic (exact) mass is 294 g/mol. The first-order valence-corrected chi connectivity index (χ1v) is 6.91. The SMILES string of the molecule is CC(C=CC=Cc1ccccc1)=NNC(=O)c1cc(C)[nH]n1. The number of aryl methyl sites for hydroxylation is 1. The predicted molar refractivity (Wildman–Crippen MR) is 88.5 cm³/mol. The average Bonchev–Trinajstić information content (AvgIpc) is 2.97. The second-order valence-corrected chi connectivity index (χ2v) is 4.76. The number of allylic oxidation sites excluding steroid dienone is 3. The molecule has 0 saturated carbocycles. The van der Waals surface area contributed by atoms with E-state index >= 15 is 0 Å². The number of hydrazone groups is 1. The quantitative estimate of drug-likeness (QED) is 0.505. The van der Waals surface area contributed by atoms with Crippen molar-refractivity contribution in [3.63, 3.8) is 0 Å². The summed E-state index contributed by atoms with van der Waals surface area (Å²) < 4.78 is 0. The van der Waals surface area contributed by atoms with E-state index in [1.165, 1.54) is 0 Å². The Morgan fingerprint density at radius 1 is 1.27 bits per heavy atom. The van der Waals surface area contributed by atoms with Crippen LogP contribution in [0, 0.1) is 6.92 Å². The highest BCUT2D eigenvalue weighted by Gasteiger charge is 2.07. The van der Waals surface area contributed by atoms with Gasteiger partial charge in [0.25, 0.3) is 5.91 Å². The number of rotatable bonds is 5. The Balaban J connectivity index is 1.86. The Labute approximate surface area is 129 Å². The van der Waals surface area contributed by atoms with Crippen molar-refractivity contribution in [3.05, 3.63) is 71.6 Å². The molecule has 0 atom stereocenters. The maximum absolute atomic E-state index is 11.7. The van der Waals surface area contributed by atoms with Gasteiger partial charge in [0.2, 0.25) is 0 Å². The number of aromatic nitrogens is 2. The highest BCUT2D eigenvalue weighted by Crippen LogP contribution is 2.01. The van der Waals surface area contributed by atoms with Crippen LogP contribution in [0.15, 0.2) is 59.7 Å². The molecule has 1 amide bonds. The minimum absolute atomic E-state index is 0.321. The lowest BCUT2D eigenvalue weighted by molar-refractivity contribution is 0.0950. The van der Waals surface area contributed by atoms with Crippen molar-refractivity contribution >= 4 is 17.7 Å². The van der Waals surface area contributed by atoms with Gasteiger partial charge in [0.15, 0.2) is 5.69 Å². The van der Waals surface area contributed by atoms with Crippen LogP contribution in [0.3, 0.4) is 0 Å². The fourth-order valence-electron chi connectivity index (χ4n) is 1.69. The standard InChI is InChI=1S/C17H18N4O/c1-13(8-6-7-11-15-9-4-3-5-10-15)18-21-17(22)16-12-14(2)19-20-16/h3-12H,1-2H3,(H,19,20)(H,21,22). The third kappa shape index (κ3) is 4.86. The Kier molecular flexibility index (Phi) is 5.43. The number of carbonyl (C=O) groups excluding carboxylic acids is 1. The van der Waals surface area contributed by atoms with E-state index in [0.717, 1.165) is 11.3 Å². The number of aromatic amines is 1. The summed E-state index contributed by atoms with van der Waals surface area (Å²) in [5.74, 6) is -0.336. The van der Waals surface area contributed by atoms with Crippen LogP contribution in [-0.2, 0) is 0 Å². The van der Waals surface area contributed by atoms with Crippen molar-refractivity contribution in [2.24, 2.45) is 5.10 Å². The van der Waals surface area contributed by atoms with E-state index in [-0.39, 0.29) is 5.91 Å². The van der Waals surface area contributed by atoms with E-state index in [4.69, 9.17) is 0 Å². The maximum Gasteiger partial charge on any atom is 0.291 e. The topological polar surface area (TPSA) is 70.1 Å². The van der Waals surface area contributed by atoms with Crippen LogP contribution in [0.4, 0.5) is 0 Å². The van der Waals surface area contributed by atoms with Crippen LogP contribution in [-0.4, -0.2) is 21.8 Å². The Morgan fingerprint density at radius 3 is 2.73 bits per heavy atom. The largest absolute Gasteiger partial charge is 0.291 e. The van der Waals surface area contributed by atoms with E-state index in [1.54, 1.807) is 6.07 Å². The molecule has 0 aliphatic heterocycles. The van der Waals surface area contributed by atoms with Crippen molar-refractivity contribution < 1.29 is 4.79 Å². The van der Waals surface area contributed by atoms with E-state index in [1.807, 2.05) is 68.5 Å². The predicted octanol–water partition coefficient (Wildman–Crippen LogP) is 3.09. The molecule has 0 radical (unpaired) electrons. The van der Waals surface area contributed by atoms with Gasteiger partial charge in [0, 0.05) is 5.69 Å². The van der Waals surface area contributed by atoms with Gasteiger partial charge in [-0.15, -0.1) is 0 Å². The van der Waals surface area contributed by atoms with E-state index in [0.29, 0.717) is 11.4 Å². The van der Waals surface area contributed by atoms with Crippen LogP contribution in [0.2, 0.25) is 0 Å². The highest BCUT2D eigenvalue weighted by atomic mass is 16.2. The van der Waals surface area contributed by atoms with Gasteiger partial charge in [-0.1, -0.05) is 48.6 Å². The molecule has 2 N–H and O–H groups in total. The molecule has 0 spiro atoms. The van der Waals surface area contributed by atoms with Crippen molar-refractivity contribution in [2.75, 3.05) is 0 Å². The molecule has 2 aromatic rings. The van der Waals surface area contributed by atoms with E-state index < -0.39 is 0 Å². The third-order valence-electron chi connectivity index (χ3n) is 2.81. The number of hydrogen-bond acceptors (Lipinski definition) is 3. The summed E-state index contributed by atoms with van der Waals surface area (Å²) in [4.78, 5) is 11.7. The molecule has 0 aliphatic rings. The van der Waals surface area contributed by atoms with Gasteiger partial charge in [-0.2, -0.15) is 10.2 Å². The van der Waals surface area contributed by atoms with Crippen LogP contribution in [0.25, 0.3) is 6.08 Å². The minimum Gasteiger partial charge on any atom is -0.282 e. The first kappa shape index (κ1) is 15.4. The van der Waals surface area contributed by atoms with Crippen LogP contribution >= 0.6 is 0 Å². The number of nitrogens with one attached hydrogen (secondary N) is 2. The maximum atomic E-state index is 11.7. The van der Waals surface area contributed by atoms with Crippen molar-refractivity contribution in [1.29, 1.82) is 0 Å². The van der Waals surface area contributed by atoms with Crippen LogP contribution < -0.4 is 5.43 Å². The van der Waals surface area contributed by atoms with Gasteiger partial charge in [-0.3, -0.25) is 9.89 Å². The van der Waals surface area contributed by atoms with Gasteiger partial charge in [0.1, 0.15) is 0 Å². The lowest BCUT2D eigenvalue weighted by Crippen LogP contribution is -2.19. The molecular formula is C17H18N4O. The van der Waals surface area contributed by atoms with Gasteiger partial charge < -0.3 is 0 Å². The lowest BCUT2D eigenvalue weighted by Gasteiger charge is -1.96. The molecule has 0 aliphatic carbocycles.